The molecule has 0 aliphatic heterocycles. The van der Waals surface area contributed by atoms with Crippen molar-refractivity contribution in [1.82, 2.24) is 14.5 Å². The number of hydrogen-bond donors (Lipinski definition) is 0. The van der Waals surface area contributed by atoms with E-state index in [0.717, 1.165) is 49.4 Å². The molecule has 0 bridgehead atoms. The van der Waals surface area contributed by atoms with E-state index >= 15 is 0 Å². The molecule has 0 fully saturated rings. The molecule has 204 valence electrons. The fourth-order valence-electron chi connectivity index (χ4n) is 6.38. The van der Waals surface area contributed by atoms with Gasteiger partial charge in [0.1, 0.15) is 6.07 Å². The van der Waals surface area contributed by atoms with Crippen LogP contribution in [0, 0.1) is 11.3 Å². The van der Waals surface area contributed by atoms with Crippen molar-refractivity contribution >= 4 is 64.2 Å². The lowest BCUT2D eigenvalue weighted by molar-refractivity contribution is 1.00. The molecule has 0 aliphatic carbocycles. The van der Waals surface area contributed by atoms with E-state index in [1.165, 1.54) is 25.7 Å². The zero-order valence-electron chi connectivity index (χ0n) is 23.4. The molecule has 0 unspecified atom stereocenters. The molecule has 0 amide bonds. The minimum absolute atomic E-state index is 0.370. The lowest BCUT2D eigenvalue weighted by Crippen LogP contribution is -2.03. The summed E-state index contributed by atoms with van der Waals surface area (Å²) in [6.07, 6.45) is 0. The molecule has 9 rings (SSSR count). The lowest BCUT2D eigenvalue weighted by atomic mass is 9.99. The Balaban J connectivity index is 1.32. The summed E-state index contributed by atoms with van der Waals surface area (Å²) in [5, 5.41) is 15.5. The molecular weight excluding hydrogens is 557 g/mol. The van der Waals surface area contributed by atoms with Crippen molar-refractivity contribution in [3.05, 3.63) is 139 Å². The number of aromatic nitrogens is 3. The molecule has 3 aromatic heterocycles. The molecule has 9 aromatic rings. The van der Waals surface area contributed by atoms with Crippen molar-refractivity contribution in [1.29, 1.82) is 5.26 Å². The first-order chi connectivity index (χ1) is 21.7. The van der Waals surface area contributed by atoms with Gasteiger partial charge in [-0.25, -0.2) is 9.97 Å². The van der Waals surface area contributed by atoms with Gasteiger partial charge in [-0.1, -0.05) is 78.9 Å². The zero-order valence-corrected chi connectivity index (χ0v) is 24.2. The van der Waals surface area contributed by atoms with Crippen molar-refractivity contribution < 1.29 is 0 Å². The minimum atomic E-state index is 0.370. The van der Waals surface area contributed by atoms with Gasteiger partial charge in [-0.2, -0.15) is 5.26 Å². The van der Waals surface area contributed by atoms with Crippen molar-refractivity contribution in [3.63, 3.8) is 0 Å². The summed E-state index contributed by atoms with van der Waals surface area (Å²) >= 11 is 1.83. The van der Waals surface area contributed by atoms with Gasteiger partial charge in [0.15, 0.2) is 5.69 Å². The Labute approximate surface area is 256 Å². The summed E-state index contributed by atoms with van der Waals surface area (Å²) in [6, 6.07) is 49.0. The monoisotopic (exact) mass is 578 g/mol. The van der Waals surface area contributed by atoms with Gasteiger partial charge in [0.05, 0.1) is 16.6 Å². The number of benzene rings is 6. The Morgan fingerprint density at radius 3 is 1.84 bits per heavy atom. The van der Waals surface area contributed by atoms with Gasteiger partial charge in [-0.05, 0) is 76.9 Å². The third kappa shape index (κ3) is 3.75. The van der Waals surface area contributed by atoms with E-state index in [1.54, 1.807) is 0 Å². The van der Waals surface area contributed by atoms with Crippen molar-refractivity contribution in [2.45, 2.75) is 0 Å². The van der Waals surface area contributed by atoms with Gasteiger partial charge >= 0.3 is 0 Å². The predicted octanol–water partition coefficient (Wildman–Crippen LogP) is 10.3. The van der Waals surface area contributed by atoms with Crippen molar-refractivity contribution in [2.24, 2.45) is 0 Å². The van der Waals surface area contributed by atoms with Gasteiger partial charge in [0, 0.05) is 36.3 Å². The molecule has 0 aliphatic rings. The summed E-state index contributed by atoms with van der Waals surface area (Å²) in [5.41, 5.74) is 7.74. The van der Waals surface area contributed by atoms with E-state index in [-0.39, 0.29) is 0 Å². The highest BCUT2D eigenvalue weighted by molar-refractivity contribution is 7.25. The van der Waals surface area contributed by atoms with E-state index in [9.17, 15) is 5.26 Å². The summed E-state index contributed by atoms with van der Waals surface area (Å²) < 4.78 is 4.69. The number of nitriles is 1. The largest absolute Gasteiger partial charge is 0.278 e. The Morgan fingerprint density at radius 1 is 0.500 bits per heavy atom. The molecule has 0 atom stereocenters. The number of para-hydroxylation sites is 1. The Hall–Kier alpha value is -5.83. The minimum Gasteiger partial charge on any atom is -0.278 e. The van der Waals surface area contributed by atoms with Crippen LogP contribution in [0.3, 0.4) is 0 Å². The number of thiophene rings is 1. The molecular formula is C39H22N4S. The molecule has 6 aromatic carbocycles. The molecule has 0 radical (unpaired) electrons. The first-order valence-corrected chi connectivity index (χ1v) is 15.3. The molecule has 0 N–H and O–H groups in total. The Bertz CT molecular complexity index is 2620. The van der Waals surface area contributed by atoms with E-state index < -0.39 is 0 Å². The highest BCUT2D eigenvalue weighted by Crippen LogP contribution is 2.39. The van der Waals surface area contributed by atoms with Crippen LogP contribution in [0.1, 0.15) is 5.69 Å². The van der Waals surface area contributed by atoms with Crippen LogP contribution in [-0.4, -0.2) is 14.5 Å². The molecule has 5 heteroatoms. The molecule has 0 saturated carbocycles. The topological polar surface area (TPSA) is 54.5 Å². The second-order valence-electron chi connectivity index (χ2n) is 11.0. The second kappa shape index (κ2) is 9.60. The van der Waals surface area contributed by atoms with E-state index in [1.807, 2.05) is 41.7 Å². The van der Waals surface area contributed by atoms with Crippen LogP contribution in [0.15, 0.2) is 133 Å². The maximum Gasteiger partial charge on any atom is 0.236 e. The predicted molar refractivity (Wildman–Crippen MR) is 182 cm³/mol. The maximum atomic E-state index is 9.99. The normalized spacial score (nSPS) is 11.6. The first kappa shape index (κ1) is 24.7. The fraction of sp³-hybridized carbons (Fsp3) is 0. The average Bonchev–Trinajstić information content (AvgIpc) is 3.62. The number of rotatable bonds is 3. The van der Waals surface area contributed by atoms with Gasteiger partial charge in [-0.3, -0.25) is 4.57 Å². The zero-order chi connectivity index (χ0) is 29.2. The van der Waals surface area contributed by atoms with E-state index in [0.29, 0.717) is 11.6 Å². The summed E-state index contributed by atoms with van der Waals surface area (Å²) in [4.78, 5) is 9.72. The SMILES string of the molecule is N#Cc1nc(-n2c3ccc(-c4ccccc4)cc3c3cc(-c4ccc5sc6ccccc6c5c4)ccc32)nc2ccccc12. The van der Waals surface area contributed by atoms with Gasteiger partial charge in [0.25, 0.3) is 0 Å². The highest BCUT2D eigenvalue weighted by atomic mass is 32.1. The van der Waals surface area contributed by atoms with E-state index in [2.05, 4.69) is 114 Å². The van der Waals surface area contributed by atoms with Crippen LogP contribution >= 0.6 is 11.3 Å². The Morgan fingerprint density at radius 2 is 1.09 bits per heavy atom. The van der Waals surface area contributed by atoms with E-state index in [4.69, 9.17) is 9.97 Å². The van der Waals surface area contributed by atoms with Crippen LogP contribution in [0.2, 0.25) is 0 Å². The van der Waals surface area contributed by atoms with Crippen LogP contribution in [0.25, 0.3) is 81.1 Å². The maximum absolute atomic E-state index is 9.99. The average molecular weight is 579 g/mol. The van der Waals surface area contributed by atoms with Crippen molar-refractivity contribution in [2.75, 3.05) is 0 Å². The van der Waals surface area contributed by atoms with Gasteiger partial charge in [0.2, 0.25) is 5.95 Å². The molecule has 3 heterocycles. The highest BCUT2D eigenvalue weighted by Gasteiger charge is 2.18. The first-order valence-electron chi connectivity index (χ1n) is 14.5. The van der Waals surface area contributed by atoms with Crippen LogP contribution in [0.4, 0.5) is 0 Å². The third-order valence-electron chi connectivity index (χ3n) is 8.48. The van der Waals surface area contributed by atoms with Crippen LogP contribution in [0.5, 0.6) is 0 Å². The molecule has 44 heavy (non-hydrogen) atoms. The third-order valence-corrected chi connectivity index (χ3v) is 9.63. The second-order valence-corrected chi connectivity index (χ2v) is 12.1. The molecule has 0 spiro atoms. The van der Waals surface area contributed by atoms with Gasteiger partial charge in [-0.15, -0.1) is 11.3 Å². The van der Waals surface area contributed by atoms with Gasteiger partial charge < -0.3 is 0 Å². The molecule has 4 nitrogen and oxygen atoms in total. The quantitative estimate of drug-likeness (QED) is 0.210. The summed E-state index contributed by atoms with van der Waals surface area (Å²) in [6.45, 7) is 0. The van der Waals surface area contributed by atoms with Crippen molar-refractivity contribution in [3.8, 4) is 34.3 Å². The molecule has 0 saturated heterocycles. The standard InChI is InChI=1S/C39H22N4S/c40-23-34-29-11-4-6-12-33(29)41-39(42-34)43-35-17-14-25(24-8-2-1-3-9-24)20-30(35)31-21-26(15-18-36(31)43)27-16-19-38-32(22-27)28-10-5-7-13-37(28)44-38/h1-22H. The number of nitrogens with zero attached hydrogens (tertiary/aromatic N) is 4. The van der Waals surface area contributed by atoms with Crippen LogP contribution in [-0.2, 0) is 0 Å². The number of fused-ring (bicyclic) bond motifs is 7. The number of hydrogen-bond acceptors (Lipinski definition) is 4. The lowest BCUT2D eigenvalue weighted by Gasteiger charge is -2.09. The smallest absolute Gasteiger partial charge is 0.236 e. The summed E-state index contributed by atoms with van der Waals surface area (Å²) in [5.74, 6) is 0.492. The fourth-order valence-corrected chi connectivity index (χ4v) is 7.47. The summed E-state index contributed by atoms with van der Waals surface area (Å²) in [7, 11) is 0. The van der Waals surface area contributed by atoms with Crippen LogP contribution < -0.4 is 0 Å². The Kier molecular flexibility index (Phi) is 5.40.